The van der Waals surface area contributed by atoms with Gasteiger partial charge in [-0.15, -0.1) is 0 Å². The molecule has 92 valence electrons. The van der Waals surface area contributed by atoms with Gasteiger partial charge >= 0.3 is 40.0 Å². The molecule has 0 N–H and O–H groups in total. The first-order valence-corrected chi connectivity index (χ1v) is 6.55. The summed E-state index contributed by atoms with van der Waals surface area (Å²) in [5.74, 6) is 0. The molecule has 0 aliphatic carbocycles. The molecule has 0 aromatic heterocycles. The number of hydrogen-bond donors (Lipinski definition) is 0. The monoisotopic (exact) mass is 268 g/mol. The number of unbranched alkanes of at least 4 members (excludes halogenated alkanes) is 1. The second-order valence-electron chi connectivity index (χ2n) is 3.33. The van der Waals surface area contributed by atoms with Gasteiger partial charge in [-0.25, -0.2) is 8.37 Å². The van der Waals surface area contributed by atoms with E-state index in [-0.39, 0.29) is 42.8 Å². The van der Waals surface area contributed by atoms with Gasteiger partial charge in [0.15, 0.2) is 0 Å². The maximum atomic E-state index is 11.2. The van der Waals surface area contributed by atoms with Gasteiger partial charge in [0.25, 0.3) is 0 Å². The standard InChI is InChI=1S/C11H16O4S.Na.H/c1-2-3-9-14-16(12,13)15-10-11-7-5-4-6-8-11;;/h4-8H,2-3,9-10H2,1H3;;. The van der Waals surface area contributed by atoms with Crippen LogP contribution in [0.4, 0.5) is 0 Å². The third kappa shape index (κ3) is 7.91. The zero-order valence-corrected chi connectivity index (χ0v) is 10.1. The van der Waals surface area contributed by atoms with Crippen molar-refractivity contribution in [2.24, 2.45) is 0 Å². The summed E-state index contributed by atoms with van der Waals surface area (Å²) in [7, 11) is -3.85. The number of benzene rings is 1. The zero-order valence-electron chi connectivity index (χ0n) is 9.26. The van der Waals surface area contributed by atoms with Crippen LogP contribution in [0.1, 0.15) is 25.3 Å². The third-order valence-corrected chi connectivity index (χ3v) is 2.80. The summed E-state index contributed by atoms with van der Waals surface area (Å²) in [5.41, 5.74) is 0.796. The van der Waals surface area contributed by atoms with Gasteiger partial charge in [0, 0.05) is 0 Å². The topological polar surface area (TPSA) is 52.6 Å². The van der Waals surface area contributed by atoms with Crippen molar-refractivity contribution in [3.63, 3.8) is 0 Å². The second-order valence-corrected chi connectivity index (χ2v) is 4.62. The molecular formula is C11H17NaO4S. The summed E-state index contributed by atoms with van der Waals surface area (Å²) in [5, 5.41) is 0. The Morgan fingerprint density at radius 1 is 1.12 bits per heavy atom. The van der Waals surface area contributed by atoms with Crippen molar-refractivity contribution in [1.82, 2.24) is 0 Å². The number of rotatable bonds is 7. The Hall–Kier alpha value is 0.0900. The van der Waals surface area contributed by atoms with Gasteiger partial charge in [-0.3, -0.25) is 0 Å². The normalized spacial score (nSPS) is 10.9. The van der Waals surface area contributed by atoms with Crippen LogP contribution < -0.4 is 0 Å². The summed E-state index contributed by atoms with van der Waals surface area (Å²) >= 11 is 0. The maximum absolute atomic E-state index is 11.2. The summed E-state index contributed by atoms with van der Waals surface area (Å²) < 4.78 is 31.8. The van der Waals surface area contributed by atoms with E-state index in [4.69, 9.17) is 4.18 Å². The van der Waals surface area contributed by atoms with Gasteiger partial charge in [-0.1, -0.05) is 43.7 Å². The molecule has 1 aromatic rings. The summed E-state index contributed by atoms with van der Waals surface area (Å²) in [4.78, 5) is 0. The molecule has 0 spiro atoms. The van der Waals surface area contributed by atoms with Crippen LogP contribution in [0, 0.1) is 0 Å². The van der Waals surface area contributed by atoms with Crippen molar-refractivity contribution in [3.8, 4) is 0 Å². The van der Waals surface area contributed by atoms with Crippen molar-refractivity contribution in [1.29, 1.82) is 0 Å². The van der Waals surface area contributed by atoms with Gasteiger partial charge < -0.3 is 0 Å². The molecule has 4 nitrogen and oxygen atoms in total. The molecule has 0 aliphatic rings. The molecule has 0 aliphatic heterocycles. The SMILES string of the molecule is CCCCOS(=O)(=O)OCc1ccccc1.[NaH]. The molecular weight excluding hydrogens is 251 g/mol. The van der Waals surface area contributed by atoms with Gasteiger partial charge in [0.1, 0.15) is 0 Å². The molecule has 0 fully saturated rings. The molecule has 0 unspecified atom stereocenters. The zero-order chi connectivity index (χ0) is 11.9. The minimum atomic E-state index is -3.85. The van der Waals surface area contributed by atoms with Crippen molar-refractivity contribution in [2.75, 3.05) is 6.61 Å². The molecule has 17 heavy (non-hydrogen) atoms. The molecule has 0 heterocycles. The van der Waals surface area contributed by atoms with Gasteiger partial charge in [-0.05, 0) is 12.0 Å². The van der Waals surface area contributed by atoms with Crippen LogP contribution in [-0.2, 0) is 25.4 Å². The van der Waals surface area contributed by atoms with Crippen LogP contribution in [0.25, 0.3) is 0 Å². The van der Waals surface area contributed by atoms with Crippen LogP contribution in [0.2, 0.25) is 0 Å². The fourth-order valence-electron chi connectivity index (χ4n) is 1.05. The van der Waals surface area contributed by atoms with Crippen molar-refractivity contribution < 1.29 is 16.8 Å². The Kier molecular flexibility index (Phi) is 9.13. The Morgan fingerprint density at radius 3 is 2.35 bits per heavy atom. The average Bonchev–Trinajstić information content (AvgIpc) is 2.28. The quantitative estimate of drug-likeness (QED) is 0.557. The van der Waals surface area contributed by atoms with Crippen LogP contribution in [-0.4, -0.2) is 44.6 Å². The van der Waals surface area contributed by atoms with Crippen LogP contribution >= 0.6 is 0 Å². The van der Waals surface area contributed by atoms with Gasteiger partial charge in [0.2, 0.25) is 0 Å². The first-order chi connectivity index (χ1) is 7.64. The first-order valence-electron chi connectivity index (χ1n) is 5.22. The van der Waals surface area contributed by atoms with E-state index in [2.05, 4.69) is 4.18 Å². The van der Waals surface area contributed by atoms with E-state index >= 15 is 0 Å². The van der Waals surface area contributed by atoms with E-state index in [1.165, 1.54) is 0 Å². The molecule has 0 bridgehead atoms. The van der Waals surface area contributed by atoms with Crippen molar-refractivity contribution >= 4 is 40.0 Å². The van der Waals surface area contributed by atoms with E-state index in [0.29, 0.717) is 6.42 Å². The summed E-state index contributed by atoms with van der Waals surface area (Å²) in [6.07, 6.45) is 1.59. The third-order valence-electron chi connectivity index (χ3n) is 1.94. The number of hydrogen-bond acceptors (Lipinski definition) is 4. The molecule has 6 heteroatoms. The van der Waals surface area contributed by atoms with E-state index in [9.17, 15) is 8.42 Å². The molecule has 1 aromatic carbocycles. The minimum absolute atomic E-state index is 0. The van der Waals surface area contributed by atoms with Gasteiger partial charge in [-0.2, -0.15) is 8.42 Å². The van der Waals surface area contributed by atoms with Crippen molar-refractivity contribution in [3.05, 3.63) is 35.9 Å². The van der Waals surface area contributed by atoms with E-state index in [1.807, 2.05) is 25.1 Å². The van der Waals surface area contributed by atoms with Crippen LogP contribution in [0.15, 0.2) is 30.3 Å². The summed E-state index contributed by atoms with van der Waals surface area (Å²) in [6.45, 7) is 2.14. The first kappa shape index (κ1) is 17.1. The van der Waals surface area contributed by atoms with E-state index in [0.717, 1.165) is 12.0 Å². The Labute approximate surface area is 125 Å². The van der Waals surface area contributed by atoms with E-state index in [1.54, 1.807) is 12.1 Å². The molecule has 0 saturated carbocycles. The molecule has 0 atom stereocenters. The summed E-state index contributed by atoms with van der Waals surface area (Å²) in [6, 6.07) is 9.09. The Balaban J connectivity index is 0.00000256. The molecule has 1 rings (SSSR count). The predicted octanol–water partition coefficient (Wildman–Crippen LogP) is 1.62. The van der Waals surface area contributed by atoms with E-state index < -0.39 is 10.4 Å². The molecule has 0 saturated heterocycles. The van der Waals surface area contributed by atoms with Crippen LogP contribution in [0.5, 0.6) is 0 Å². The van der Waals surface area contributed by atoms with Crippen molar-refractivity contribution in [2.45, 2.75) is 26.4 Å². The molecule has 0 radical (unpaired) electrons. The predicted molar refractivity (Wildman–Crippen MR) is 68.2 cm³/mol. The second kappa shape index (κ2) is 9.08. The van der Waals surface area contributed by atoms with Crippen LogP contribution in [0.3, 0.4) is 0 Å². The Bertz CT molecular complexity index is 391. The Morgan fingerprint density at radius 2 is 1.76 bits per heavy atom. The molecule has 0 amide bonds. The van der Waals surface area contributed by atoms with Gasteiger partial charge in [0.05, 0.1) is 13.2 Å². The average molecular weight is 268 g/mol. The fourth-order valence-corrected chi connectivity index (χ4v) is 1.72. The fraction of sp³-hybridized carbons (Fsp3) is 0.455.